The number of nitrogens with one attached hydrogen (secondary N) is 2. The SMILES string of the molecule is C=CC1=C(C)/C2=C/C3N=C(/C(CC(=O)N[C@@](C)(CC(=O)[O-])C(=O)[O-])=C4N=C(/C=c5\[nH]/c(c(C)c5CC)=C\C1=N2)C(C)=C\4C(=O)[O-])[C@@H](CCC(=O)[O-])[C@@H]3C.[Na+].[Na+].[Na+].[Na+]. The van der Waals surface area contributed by atoms with Crippen molar-refractivity contribution in [2.75, 3.05) is 0 Å². The summed E-state index contributed by atoms with van der Waals surface area (Å²) in [6, 6.07) is -0.646. The van der Waals surface area contributed by atoms with Gasteiger partial charge >= 0.3 is 118 Å². The van der Waals surface area contributed by atoms with Crippen LogP contribution in [0.15, 0.2) is 73.0 Å². The third kappa shape index (κ3) is 11.1. The van der Waals surface area contributed by atoms with E-state index in [0.29, 0.717) is 23.2 Å². The molecule has 278 valence electrons. The van der Waals surface area contributed by atoms with Crippen molar-refractivity contribution >= 4 is 59.1 Å². The summed E-state index contributed by atoms with van der Waals surface area (Å²) in [6.07, 6.45) is 5.53. The van der Waals surface area contributed by atoms with Gasteiger partial charge in [-0.15, -0.1) is 0 Å². The van der Waals surface area contributed by atoms with E-state index in [-0.39, 0.29) is 158 Å². The molecular weight excluding hydrogens is 774 g/mol. The summed E-state index contributed by atoms with van der Waals surface area (Å²) in [5.41, 5.74) is 2.43. The molecule has 5 heterocycles. The Morgan fingerprint density at radius 2 is 1.56 bits per heavy atom. The van der Waals surface area contributed by atoms with Crippen LogP contribution in [0.2, 0.25) is 0 Å². The van der Waals surface area contributed by atoms with Crippen LogP contribution in [0, 0.1) is 18.8 Å². The number of fused-ring (bicyclic) bond motifs is 5. The van der Waals surface area contributed by atoms with Crippen molar-refractivity contribution in [1.29, 1.82) is 0 Å². The molecule has 4 aliphatic heterocycles. The number of allylic oxidation sites excluding steroid dienone is 4. The molecule has 0 aromatic carbocycles. The number of H-pyrrole nitrogens is 1. The van der Waals surface area contributed by atoms with Gasteiger partial charge in [0.2, 0.25) is 5.91 Å². The number of amides is 1. The van der Waals surface area contributed by atoms with E-state index in [1.165, 1.54) is 6.92 Å². The Labute approximate surface area is 418 Å². The first-order chi connectivity index (χ1) is 24.9. The van der Waals surface area contributed by atoms with E-state index in [0.717, 1.165) is 34.5 Å². The third-order valence-electron chi connectivity index (χ3n) is 10.4. The predicted molar refractivity (Wildman–Crippen MR) is 188 cm³/mol. The topological polar surface area (TPSA) is 242 Å². The molecule has 0 saturated heterocycles. The van der Waals surface area contributed by atoms with E-state index in [4.69, 9.17) is 15.0 Å². The van der Waals surface area contributed by atoms with Gasteiger partial charge in [0.15, 0.2) is 0 Å². The van der Waals surface area contributed by atoms with Crippen LogP contribution in [0.5, 0.6) is 0 Å². The Bertz CT molecular complexity index is 2250. The number of carbonyl (C=O) groups is 5. The normalized spacial score (nSPS) is 23.7. The number of aromatic amines is 1. The second-order valence-electron chi connectivity index (χ2n) is 13.9. The summed E-state index contributed by atoms with van der Waals surface area (Å²) in [5.74, 6) is -8.69. The Balaban J connectivity index is 0.00000406. The molecule has 57 heavy (non-hydrogen) atoms. The number of aromatic nitrogens is 1. The van der Waals surface area contributed by atoms with E-state index in [1.807, 2.05) is 39.8 Å². The van der Waals surface area contributed by atoms with Gasteiger partial charge in [-0.1, -0.05) is 26.5 Å². The van der Waals surface area contributed by atoms with Gasteiger partial charge in [-0.2, -0.15) is 0 Å². The predicted octanol–water partition coefficient (Wildman–Crippen LogP) is -14.1. The van der Waals surface area contributed by atoms with Crippen LogP contribution in [-0.2, 0) is 30.4 Å². The third-order valence-corrected chi connectivity index (χ3v) is 10.4. The molecule has 1 aromatic rings. The van der Waals surface area contributed by atoms with Gasteiger partial charge in [0.25, 0.3) is 0 Å². The number of hydrogen-bond donors (Lipinski definition) is 2. The zero-order valence-electron chi connectivity index (χ0n) is 34.3. The summed E-state index contributed by atoms with van der Waals surface area (Å²) in [4.78, 5) is 79.9. The Morgan fingerprint density at radius 1 is 0.930 bits per heavy atom. The van der Waals surface area contributed by atoms with Crippen molar-refractivity contribution in [2.45, 2.75) is 85.2 Å². The molecule has 0 radical (unpaired) electrons. The maximum absolute atomic E-state index is 13.8. The second kappa shape index (κ2) is 21.6. The molecule has 5 rings (SSSR count). The number of hydrogen-bond acceptors (Lipinski definition) is 12. The maximum atomic E-state index is 13.8. The zero-order valence-corrected chi connectivity index (χ0v) is 42.3. The molecule has 4 aliphatic rings. The number of aliphatic carboxylic acids is 4. The molecule has 1 aromatic heterocycles. The fourth-order valence-corrected chi connectivity index (χ4v) is 7.43. The molecule has 0 fully saturated rings. The quantitative estimate of drug-likeness (QED) is 0.190. The van der Waals surface area contributed by atoms with Gasteiger partial charge < -0.3 is 49.9 Å². The smallest absolute Gasteiger partial charge is 0.550 e. The van der Waals surface area contributed by atoms with Crippen molar-refractivity contribution in [3.05, 3.63) is 79.8 Å². The first-order valence-corrected chi connectivity index (χ1v) is 17.2. The minimum Gasteiger partial charge on any atom is -0.550 e. The molecule has 0 spiro atoms. The minimum absolute atomic E-state index is 0. The number of aliphatic imine (C=N–C) groups is 3. The van der Waals surface area contributed by atoms with Crippen LogP contribution < -0.4 is 155 Å². The monoisotopic (exact) mass is 813 g/mol. The van der Waals surface area contributed by atoms with E-state index >= 15 is 0 Å². The van der Waals surface area contributed by atoms with Crippen molar-refractivity contribution in [1.82, 2.24) is 10.3 Å². The first kappa shape index (κ1) is 53.1. The summed E-state index contributed by atoms with van der Waals surface area (Å²) in [6.45, 7) is 14.2. The molecule has 2 N–H and O–H groups in total. The Hall–Kier alpha value is -1.92. The van der Waals surface area contributed by atoms with Crippen LogP contribution in [-0.4, -0.2) is 63.5 Å². The van der Waals surface area contributed by atoms with E-state index in [2.05, 4.69) is 16.9 Å². The van der Waals surface area contributed by atoms with E-state index in [9.17, 15) is 44.4 Å². The number of carboxylic acid groups (broad SMARTS) is 4. The summed E-state index contributed by atoms with van der Waals surface area (Å²) < 4.78 is 0. The van der Waals surface area contributed by atoms with Crippen molar-refractivity contribution in [2.24, 2.45) is 26.8 Å². The molecule has 4 atom stereocenters. The number of rotatable bonds is 12. The standard InChI is InChI=1S/C39H43N5O9.4Na/c1-8-21-17(3)25-13-27-19(5)23(10-11-32(46)47)35(42-27)24(12-31(45)44-39(7,38(52)53)16-33(48)49)36-34(37(50)51)20(6)28(43-36)15-30-22(9-2)18(4)26(41-30)14-29(21)40-25;;;;/h8,13-15,19,23,27,41H,1,9-12,16H2,2-7H3,(H,44,45)(H,46,47)(H,48,49)(H,50,51)(H,52,53);;;;/q;4*+1/p-4/b25-13-,26-14-,30-15-,36-24-;;;;/t19-,23-,27?,39-;;;;/m0..../s1. The van der Waals surface area contributed by atoms with Crippen LogP contribution in [0.25, 0.3) is 12.2 Å². The van der Waals surface area contributed by atoms with Gasteiger partial charge in [-0.05, 0) is 93.4 Å². The molecule has 0 saturated carbocycles. The van der Waals surface area contributed by atoms with Crippen molar-refractivity contribution in [3.63, 3.8) is 0 Å². The summed E-state index contributed by atoms with van der Waals surface area (Å²) >= 11 is 0. The molecule has 0 aliphatic carbocycles. The van der Waals surface area contributed by atoms with Crippen LogP contribution in [0.1, 0.15) is 71.4 Å². The van der Waals surface area contributed by atoms with E-state index in [1.54, 1.807) is 12.2 Å². The van der Waals surface area contributed by atoms with Crippen LogP contribution >= 0.6 is 0 Å². The van der Waals surface area contributed by atoms with Gasteiger partial charge in [-0.3, -0.25) is 9.79 Å². The van der Waals surface area contributed by atoms with Gasteiger partial charge in [0, 0.05) is 57.4 Å². The molecule has 8 bridgehead atoms. The molecule has 1 unspecified atom stereocenters. The average molecular weight is 814 g/mol. The minimum atomic E-state index is -2.39. The van der Waals surface area contributed by atoms with Crippen molar-refractivity contribution < 1.29 is 163 Å². The fraction of sp³-hybridized carbons (Fsp3) is 0.385. The van der Waals surface area contributed by atoms with Gasteiger partial charge in [0.05, 0.1) is 52.8 Å². The van der Waals surface area contributed by atoms with Gasteiger partial charge in [-0.25, -0.2) is 9.98 Å². The Kier molecular flexibility index (Phi) is 20.1. The van der Waals surface area contributed by atoms with Gasteiger partial charge in [0.1, 0.15) is 0 Å². The molecule has 18 heteroatoms. The fourth-order valence-electron chi connectivity index (χ4n) is 7.43. The van der Waals surface area contributed by atoms with Crippen molar-refractivity contribution in [3.8, 4) is 0 Å². The largest absolute Gasteiger partial charge is 1.00 e. The average Bonchev–Trinajstić information content (AvgIpc) is 3.75. The number of carbonyl (C=O) groups excluding carboxylic acids is 5. The molecule has 14 nitrogen and oxygen atoms in total. The molecule has 1 amide bonds. The first-order valence-electron chi connectivity index (χ1n) is 17.2. The van der Waals surface area contributed by atoms with E-state index < -0.39 is 72.5 Å². The molecular formula is C39H39N5Na4O9. The summed E-state index contributed by atoms with van der Waals surface area (Å²) in [7, 11) is 0. The Morgan fingerprint density at radius 3 is 2.11 bits per heavy atom. The van der Waals surface area contributed by atoms with Crippen LogP contribution in [0.3, 0.4) is 0 Å². The summed E-state index contributed by atoms with van der Waals surface area (Å²) in [5, 5.41) is 51.7. The zero-order chi connectivity index (χ0) is 39.1. The number of nitrogens with zero attached hydrogens (tertiary/aromatic N) is 3. The number of carboxylic acids is 4. The maximum Gasteiger partial charge on any atom is 1.00 e. The van der Waals surface area contributed by atoms with Crippen LogP contribution in [0.4, 0.5) is 0 Å². The second-order valence-corrected chi connectivity index (χ2v) is 13.9.